The van der Waals surface area contributed by atoms with E-state index in [0.717, 1.165) is 4.90 Å². The number of nitrogens with zero attached hydrogens (tertiary/aromatic N) is 1. The van der Waals surface area contributed by atoms with Gasteiger partial charge in [-0.1, -0.05) is 0 Å². The molecule has 0 aromatic rings. The first kappa shape index (κ1) is 16.6. The van der Waals surface area contributed by atoms with Crippen LogP contribution in [0.15, 0.2) is 0 Å². The van der Waals surface area contributed by atoms with Gasteiger partial charge in [0.15, 0.2) is 12.1 Å². The van der Waals surface area contributed by atoms with Gasteiger partial charge in [-0.2, -0.15) is 0 Å². The summed E-state index contributed by atoms with van der Waals surface area (Å²) in [5.41, 5.74) is 5.12. The zero-order chi connectivity index (χ0) is 15.6. The molecular formula is C10H19N3O7. The number of likely N-dealkylation sites (N-methyl/N-ethyl adjacent to an activating group) is 1. The van der Waals surface area contributed by atoms with Crippen molar-refractivity contribution in [2.45, 2.75) is 36.6 Å². The quantitative estimate of drug-likeness (QED) is 0.153. The van der Waals surface area contributed by atoms with Crippen LogP contribution >= 0.6 is 0 Å². The van der Waals surface area contributed by atoms with Crippen LogP contribution in [0.2, 0.25) is 0 Å². The lowest BCUT2D eigenvalue weighted by atomic mass is 9.85. The molecule has 10 nitrogen and oxygen atoms in total. The lowest BCUT2D eigenvalue weighted by molar-refractivity contribution is -0.233. The van der Waals surface area contributed by atoms with Crippen LogP contribution in [0.25, 0.3) is 0 Å². The molecular weight excluding hydrogens is 274 g/mol. The number of nitrogens with one attached hydrogen (secondary N) is 1. The van der Waals surface area contributed by atoms with Gasteiger partial charge >= 0.3 is 5.97 Å². The Balaban J connectivity index is 2.70. The molecule has 1 aliphatic rings. The molecule has 0 bridgehead atoms. The predicted octanol–water partition coefficient (Wildman–Crippen LogP) is -4.46. The van der Waals surface area contributed by atoms with Crippen molar-refractivity contribution < 1.29 is 35.1 Å². The largest absolute Gasteiger partial charge is 0.455 e. The van der Waals surface area contributed by atoms with E-state index in [1.54, 1.807) is 0 Å². The highest BCUT2D eigenvalue weighted by atomic mass is 16.6. The first-order valence-corrected chi connectivity index (χ1v) is 5.81. The van der Waals surface area contributed by atoms with Crippen molar-refractivity contribution in [3.05, 3.63) is 0 Å². The Kier molecular flexibility index (Phi) is 5.25. The second-order valence-corrected chi connectivity index (χ2v) is 4.65. The fraction of sp³-hybridized carbons (Fsp3) is 0.800. The van der Waals surface area contributed by atoms with E-state index in [-0.39, 0.29) is 5.96 Å². The first-order chi connectivity index (χ1) is 9.16. The summed E-state index contributed by atoms with van der Waals surface area (Å²) in [5.74, 6) is -1.32. The van der Waals surface area contributed by atoms with E-state index in [9.17, 15) is 30.3 Å². The third-order valence-electron chi connectivity index (χ3n) is 3.12. The van der Waals surface area contributed by atoms with Gasteiger partial charge in [0.05, 0.1) is 0 Å². The summed E-state index contributed by atoms with van der Waals surface area (Å²) in [6, 6.07) is 0. The summed E-state index contributed by atoms with van der Waals surface area (Å²) in [4.78, 5) is 12.6. The Bertz CT molecular complexity index is 364. The molecule has 10 heteroatoms. The minimum Gasteiger partial charge on any atom is -0.455 e. The number of carbonyl (C=O) groups excluding carboxylic acids is 1. The molecule has 1 aliphatic carbocycles. The van der Waals surface area contributed by atoms with Gasteiger partial charge in [-0.15, -0.1) is 0 Å². The normalized spacial score (nSPS) is 37.3. The van der Waals surface area contributed by atoms with Gasteiger partial charge in [-0.25, -0.2) is 0 Å². The Morgan fingerprint density at radius 3 is 1.90 bits per heavy atom. The molecule has 1 rings (SSSR count). The second kappa shape index (κ2) is 6.33. The molecule has 20 heavy (non-hydrogen) atoms. The Labute approximate surface area is 114 Å². The molecule has 0 aromatic carbocycles. The Morgan fingerprint density at radius 1 is 1.10 bits per heavy atom. The molecule has 0 radical (unpaired) electrons. The summed E-state index contributed by atoms with van der Waals surface area (Å²) in [7, 11) is 1.35. The van der Waals surface area contributed by atoms with Gasteiger partial charge in [-0.05, 0) is 0 Å². The van der Waals surface area contributed by atoms with Crippen LogP contribution < -0.4 is 5.73 Å². The predicted molar refractivity (Wildman–Crippen MR) is 64.5 cm³/mol. The smallest absolute Gasteiger partial charge is 0.326 e. The van der Waals surface area contributed by atoms with Crippen molar-refractivity contribution in [2.75, 3.05) is 13.6 Å². The van der Waals surface area contributed by atoms with E-state index < -0.39 is 49.1 Å². The van der Waals surface area contributed by atoms with Crippen molar-refractivity contribution in [3.63, 3.8) is 0 Å². The van der Waals surface area contributed by atoms with Crippen molar-refractivity contribution in [2.24, 2.45) is 5.73 Å². The molecule has 6 atom stereocenters. The molecule has 0 aromatic heterocycles. The van der Waals surface area contributed by atoms with Crippen molar-refractivity contribution >= 4 is 11.9 Å². The molecule has 0 spiro atoms. The molecule has 8 N–H and O–H groups in total. The van der Waals surface area contributed by atoms with E-state index >= 15 is 0 Å². The third-order valence-corrected chi connectivity index (χ3v) is 3.12. The molecule has 1 saturated carbocycles. The second-order valence-electron chi connectivity index (χ2n) is 4.65. The van der Waals surface area contributed by atoms with Crippen molar-refractivity contribution in [1.29, 1.82) is 5.41 Å². The van der Waals surface area contributed by atoms with Crippen LogP contribution in [-0.2, 0) is 9.53 Å². The van der Waals surface area contributed by atoms with E-state index in [2.05, 4.69) is 0 Å². The SMILES string of the molecule is CN(CC(=O)OC1[C@@H](O)[C@H](O)C(O)[C@H](O)[C@H]1O)C(=N)N. The fourth-order valence-electron chi connectivity index (χ4n) is 1.80. The topological polar surface area (TPSA) is 181 Å². The Morgan fingerprint density at radius 2 is 1.50 bits per heavy atom. The molecule has 0 saturated heterocycles. The minimum absolute atomic E-state index is 0.387. The van der Waals surface area contributed by atoms with E-state index in [1.807, 2.05) is 0 Å². The zero-order valence-electron chi connectivity index (χ0n) is 10.7. The van der Waals surface area contributed by atoms with E-state index in [4.69, 9.17) is 15.9 Å². The molecule has 0 amide bonds. The van der Waals surface area contributed by atoms with E-state index in [1.165, 1.54) is 7.05 Å². The van der Waals surface area contributed by atoms with Crippen LogP contribution in [0.5, 0.6) is 0 Å². The molecule has 116 valence electrons. The van der Waals surface area contributed by atoms with Crippen LogP contribution in [-0.4, -0.2) is 92.6 Å². The summed E-state index contributed by atoms with van der Waals surface area (Å²) in [6.45, 7) is -0.417. The number of aliphatic hydroxyl groups is 5. The monoisotopic (exact) mass is 293 g/mol. The average Bonchev–Trinajstić information content (AvgIpc) is 2.39. The summed E-state index contributed by atoms with van der Waals surface area (Å²) in [6.07, 6.45) is -10.4. The van der Waals surface area contributed by atoms with Gasteiger partial charge < -0.3 is 40.9 Å². The fourth-order valence-corrected chi connectivity index (χ4v) is 1.80. The van der Waals surface area contributed by atoms with Crippen molar-refractivity contribution in [3.8, 4) is 0 Å². The van der Waals surface area contributed by atoms with Gasteiger partial charge in [0.25, 0.3) is 0 Å². The average molecular weight is 293 g/mol. The summed E-state index contributed by atoms with van der Waals surface area (Å²) < 4.78 is 4.76. The highest BCUT2D eigenvalue weighted by Gasteiger charge is 2.50. The van der Waals surface area contributed by atoms with Crippen LogP contribution in [0.1, 0.15) is 0 Å². The number of hydrogen-bond acceptors (Lipinski definition) is 8. The number of aliphatic hydroxyl groups excluding tert-OH is 5. The molecule has 1 fully saturated rings. The number of carbonyl (C=O) groups is 1. The minimum atomic E-state index is -1.77. The highest BCUT2D eigenvalue weighted by molar-refractivity contribution is 5.81. The number of hydrogen-bond donors (Lipinski definition) is 7. The summed E-state index contributed by atoms with van der Waals surface area (Å²) in [5, 5.41) is 54.6. The third kappa shape index (κ3) is 3.35. The number of nitrogens with two attached hydrogens (primary N) is 1. The highest BCUT2D eigenvalue weighted by Crippen LogP contribution is 2.24. The van der Waals surface area contributed by atoms with Crippen molar-refractivity contribution in [1.82, 2.24) is 4.90 Å². The maximum absolute atomic E-state index is 11.5. The maximum Gasteiger partial charge on any atom is 0.326 e. The van der Waals surface area contributed by atoms with E-state index in [0.29, 0.717) is 0 Å². The first-order valence-electron chi connectivity index (χ1n) is 5.81. The number of ether oxygens (including phenoxy) is 1. The number of esters is 1. The number of rotatable bonds is 3. The molecule has 2 unspecified atom stereocenters. The summed E-state index contributed by atoms with van der Waals surface area (Å²) >= 11 is 0. The van der Waals surface area contributed by atoms with Crippen LogP contribution in [0, 0.1) is 5.41 Å². The van der Waals surface area contributed by atoms with Gasteiger partial charge in [0.1, 0.15) is 37.1 Å². The molecule has 0 heterocycles. The lowest BCUT2D eigenvalue weighted by Gasteiger charge is -2.41. The van der Waals surface area contributed by atoms with Gasteiger partial charge in [0.2, 0.25) is 0 Å². The maximum atomic E-state index is 11.5. The standard InChI is InChI=1S/C10H19N3O7/c1-13(10(11)12)2-3(14)20-9-7(18)5(16)4(15)6(17)8(9)19/h4-9,15-19H,2H2,1H3,(H3,11,12)/t4?,5-,6+,7+,8-,9?. The van der Waals surface area contributed by atoms with Crippen LogP contribution in [0.4, 0.5) is 0 Å². The van der Waals surface area contributed by atoms with Gasteiger partial charge in [-0.3, -0.25) is 10.2 Å². The van der Waals surface area contributed by atoms with Gasteiger partial charge in [0, 0.05) is 7.05 Å². The zero-order valence-corrected chi connectivity index (χ0v) is 10.7. The van der Waals surface area contributed by atoms with Crippen LogP contribution in [0.3, 0.4) is 0 Å². The number of guanidine groups is 1. The Hall–Kier alpha value is -1.46. The lowest BCUT2D eigenvalue weighted by Crippen LogP contribution is -2.64. The molecule has 0 aliphatic heterocycles.